The van der Waals surface area contributed by atoms with E-state index in [1.54, 1.807) is 0 Å². The van der Waals surface area contributed by atoms with Gasteiger partial charge in [-0.05, 0) is 0 Å². The second-order valence-corrected chi connectivity index (χ2v) is 5.56. The summed E-state index contributed by atoms with van der Waals surface area (Å²) in [7, 11) is 0. The van der Waals surface area contributed by atoms with Crippen molar-refractivity contribution in [3.63, 3.8) is 0 Å². The van der Waals surface area contributed by atoms with Crippen LogP contribution in [-0.2, 0) is 19.0 Å². The van der Waals surface area contributed by atoms with Gasteiger partial charge in [0.15, 0.2) is 18.7 Å². The molecule has 2 aliphatic rings. The van der Waals surface area contributed by atoms with Gasteiger partial charge in [-0.25, -0.2) is 4.79 Å². The lowest BCUT2D eigenvalue weighted by Gasteiger charge is -2.44. The van der Waals surface area contributed by atoms with Crippen LogP contribution < -0.4 is 0 Å². The summed E-state index contributed by atoms with van der Waals surface area (Å²) in [6.07, 6.45) is -17.7. The minimum absolute atomic E-state index is 0.748. The predicted molar refractivity (Wildman–Crippen MR) is 69.2 cm³/mol. The first kappa shape index (κ1) is 19.4. The van der Waals surface area contributed by atoms with Crippen molar-refractivity contribution in [3.05, 3.63) is 0 Å². The molecule has 12 heteroatoms. The Kier molecular flexibility index (Phi) is 6.09. The highest BCUT2D eigenvalue weighted by atomic mass is 16.7. The first-order chi connectivity index (χ1) is 11.2. The van der Waals surface area contributed by atoms with Crippen molar-refractivity contribution >= 4 is 5.97 Å². The lowest BCUT2D eigenvalue weighted by Crippen LogP contribution is -2.64. The van der Waals surface area contributed by atoms with Crippen LogP contribution in [-0.4, -0.2) is 115 Å². The van der Waals surface area contributed by atoms with E-state index in [9.17, 15) is 40.5 Å². The monoisotopic (exact) mass is 356 g/mol. The fraction of sp³-hybridized carbons (Fsp3) is 0.917. The zero-order valence-electron chi connectivity index (χ0n) is 12.2. The lowest BCUT2D eigenvalue weighted by atomic mass is 9.97. The third-order valence-corrected chi connectivity index (χ3v) is 3.94. The van der Waals surface area contributed by atoms with Gasteiger partial charge in [-0.1, -0.05) is 0 Å². The van der Waals surface area contributed by atoms with E-state index in [0.29, 0.717) is 0 Å². The number of aliphatic carboxylic acids is 1. The number of hydrogen-bond acceptors (Lipinski definition) is 11. The number of ether oxygens (including phenoxy) is 3. The normalized spacial score (nSPS) is 49.8. The van der Waals surface area contributed by atoms with E-state index in [-0.39, 0.29) is 0 Å². The lowest BCUT2D eigenvalue weighted by molar-refractivity contribution is -0.351. The van der Waals surface area contributed by atoms with E-state index in [4.69, 9.17) is 19.3 Å². The highest BCUT2D eigenvalue weighted by molar-refractivity contribution is 5.73. The van der Waals surface area contributed by atoms with Crippen LogP contribution in [0.25, 0.3) is 0 Å². The van der Waals surface area contributed by atoms with Gasteiger partial charge in [0.1, 0.15) is 42.7 Å². The molecule has 0 radical (unpaired) electrons. The van der Waals surface area contributed by atoms with Crippen molar-refractivity contribution in [2.75, 3.05) is 6.61 Å². The Hall–Kier alpha value is -0.930. The molecule has 0 saturated carbocycles. The number of hydrogen-bond donors (Lipinski definition) is 8. The van der Waals surface area contributed by atoms with E-state index < -0.39 is 74.0 Å². The molecule has 24 heavy (non-hydrogen) atoms. The number of aliphatic hydroxyl groups is 7. The smallest absolute Gasteiger partial charge is 0.335 e. The summed E-state index contributed by atoms with van der Waals surface area (Å²) in [5.74, 6) is -1.63. The number of rotatable bonds is 4. The molecule has 2 fully saturated rings. The molecule has 2 heterocycles. The molecule has 1 unspecified atom stereocenters. The summed E-state index contributed by atoms with van der Waals surface area (Å²) >= 11 is 0. The van der Waals surface area contributed by atoms with Gasteiger partial charge in [-0.15, -0.1) is 0 Å². The van der Waals surface area contributed by atoms with Crippen LogP contribution in [0.2, 0.25) is 0 Å². The third-order valence-electron chi connectivity index (χ3n) is 3.94. The molecule has 0 aromatic rings. The maximum Gasteiger partial charge on any atom is 0.335 e. The van der Waals surface area contributed by atoms with Crippen molar-refractivity contribution in [2.45, 2.75) is 61.4 Å². The maximum absolute atomic E-state index is 11.0. The van der Waals surface area contributed by atoms with Gasteiger partial charge >= 0.3 is 5.97 Å². The van der Waals surface area contributed by atoms with E-state index >= 15 is 0 Å². The fourth-order valence-electron chi connectivity index (χ4n) is 2.55. The number of aliphatic hydroxyl groups excluding tert-OH is 7. The Morgan fingerprint density at radius 3 is 2.04 bits per heavy atom. The summed E-state index contributed by atoms with van der Waals surface area (Å²) < 4.78 is 14.9. The SMILES string of the molecule is O=C(O)[C@H]1O[C@@H](O[C@H]2[C@H](O)[C@@H](O)C(O)O[C@@H]2CO)[C@H](O)[C@@H](O)[C@H]1O. The second kappa shape index (κ2) is 7.53. The summed E-state index contributed by atoms with van der Waals surface area (Å²) in [6.45, 7) is -0.748. The largest absolute Gasteiger partial charge is 0.479 e. The molecule has 2 saturated heterocycles. The molecule has 0 spiro atoms. The van der Waals surface area contributed by atoms with Crippen molar-refractivity contribution in [1.82, 2.24) is 0 Å². The molecule has 0 amide bonds. The van der Waals surface area contributed by atoms with Crippen LogP contribution in [0.5, 0.6) is 0 Å². The fourth-order valence-corrected chi connectivity index (χ4v) is 2.55. The van der Waals surface area contributed by atoms with Gasteiger partial charge in [-0.2, -0.15) is 0 Å². The number of carboxylic acids is 1. The van der Waals surface area contributed by atoms with Crippen molar-refractivity contribution in [1.29, 1.82) is 0 Å². The van der Waals surface area contributed by atoms with Crippen LogP contribution in [0.3, 0.4) is 0 Å². The van der Waals surface area contributed by atoms with Crippen LogP contribution in [0, 0.1) is 0 Å². The van der Waals surface area contributed by atoms with Gasteiger partial charge in [0, 0.05) is 0 Å². The molecule has 0 bridgehead atoms. The van der Waals surface area contributed by atoms with Crippen LogP contribution in [0.4, 0.5) is 0 Å². The second-order valence-electron chi connectivity index (χ2n) is 5.56. The standard InChI is InChI=1S/C12H20O12/c13-1-2-8(5(16)6(17)11(21)22-2)23-12-7(18)3(14)4(15)9(24-12)10(19)20/h2-9,11-18,21H,1H2,(H,19,20)/t2-,3+,4-,5-,6-,7-,8-,9+,11?,12-/m1/s1. The Morgan fingerprint density at radius 1 is 0.875 bits per heavy atom. The van der Waals surface area contributed by atoms with E-state index in [2.05, 4.69) is 0 Å². The molecular formula is C12H20O12. The first-order valence-electron chi connectivity index (χ1n) is 7.07. The highest BCUT2D eigenvalue weighted by Crippen LogP contribution is 2.28. The third kappa shape index (κ3) is 3.52. The zero-order chi connectivity index (χ0) is 18.2. The maximum atomic E-state index is 11.0. The molecule has 2 aliphatic heterocycles. The van der Waals surface area contributed by atoms with E-state index in [0.717, 1.165) is 0 Å². The summed E-state index contributed by atoms with van der Waals surface area (Å²) in [6, 6.07) is 0. The highest BCUT2D eigenvalue weighted by Gasteiger charge is 2.51. The van der Waals surface area contributed by atoms with Gasteiger partial charge in [0.05, 0.1) is 6.61 Å². The average Bonchev–Trinajstić information content (AvgIpc) is 2.54. The minimum atomic E-state index is -1.93. The van der Waals surface area contributed by atoms with Gasteiger partial charge in [-0.3, -0.25) is 0 Å². The van der Waals surface area contributed by atoms with Crippen LogP contribution in [0.15, 0.2) is 0 Å². The average molecular weight is 356 g/mol. The number of carboxylic acid groups (broad SMARTS) is 1. The molecule has 8 N–H and O–H groups in total. The minimum Gasteiger partial charge on any atom is -0.479 e. The Balaban J connectivity index is 2.16. The van der Waals surface area contributed by atoms with E-state index in [1.165, 1.54) is 0 Å². The summed E-state index contributed by atoms with van der Waals surface area (Å²) in [5.41, 5.74) is 0. The first-order valence-corrected chi connectivity index (χ1v) is 7.07. The molecule has 0 aromatic heterocycles. The Labute approximate surface area is 135 Å². The topological polar surface area (TPSA) is 207 Å². The number of carbonyl (C=O) groups is 1. The van der Waals surface area contributed by atoms with Gasteiger partial charge in [0.25, 0.3) is 0 Å². The molecule has 0 aromatic carbocycles. The molecule has 10 atom stereocenters. The van der Waals surface area contributed by atoms with Gasteiger partial charge in [0.2, 0.25) is 0 Å². The van der Waals surface area contributed by atoms with Crippen molar-refractivity contribution in [3.8, 4) is 0 Å². The summed E-state index contributed by atoms with van der Waals surface area (Å²) in [4.78, 5) is 11.0. The Morgan fingerprint density at radius 2 is 1.50 bits per heavy atom. The van der Waals surface area contributed by atoms with Crippen molar-refractivity contribution in [2.24, 2.45) is 0 Å². The predicted octanol–water partition coefficient (Wildman–Crippen LogP) is -5.30. The molecule has 12 nitrogen and oxygen atoms in total. The van der Waals surface area contributed by atoms with Crippen molar-refractivity contribution < 1.29 is 59.9 Å². The quantitative estimate of drug-likeness (QED) is 0.238. The van der Waals surface area contributed by atoms with Crippen LogP contribution in [0.1, 0.15) is 0 Å². The Bertz CT molecular complexity index is 444. The summed E-state index contributed by atoms with van der Waals surface area (Å²) in [5, 5.41) is 76.2. The van der Waals surface area contributed by atoms with Crippen LogP contribution >= 0.6 is 0 Å². The molecule has 0 aliphatic carbocycles. The zero-order valence-corrected chi connectivity index (χ0v) is 12.2. The van der Waals surface area contributed by atoms with E-state index in [1.807, 2.05) is 0 Å². The molecule has 140 valence electrons. The van der Waals surface area contributed by atoms with Gasteiger partial charge < -0.3 is 55.1 Å². The molecular weight excluding hydrogens is 336 g/mol. The molecule has 2 rings (SSSR count).